The molecule has 0 N–H and O–H groups in total. The molecule has 112 valence electrons. The molecule has 3 rings (SSSR count). The van der Waals surface area contributed by atoms with Crippen molar-refractivity contribution in [3.05, 3.63) is 33.4 Å². The molecule has 0 aromatic carbocycles. The van der Waals surface area contributed by atoms with Crippen LogP contribution in [0.4, 0.5) is 0 Å². The van der Waals surface area contributed by atoms with Crippen LogP contribution in [0, 0.1) is 6.92 Å². The summed E-state index contributed by atoms with van der Waals surface area (Å²) in [5.41, 5.74) is 0.630. The molecule has 0 saturated carbocycles. The molecule has 1 amide bonds. The highest BCUT2D eigenvalue weighted by molar-refractivity contribution is 7.15. The van der Waals surface area contributed by atoms with Crippen molar-refractivity contribution in [1.82, 2.24) is 14.9 Å². The van der Waals surface area contributed by atoms with Gasteiger partial charge in [0, 0.05) is 18.5 Å². The van der Waals surface area contributed by atoms with E-state index in [1.54, 1.807) is 13.1 Å². The van der Waals surface area contributed by atoms with E-state index in [9.17, 15) is 4.79 Å². The second-order valence-electron chi connectivity index (χ2n) is 5.59. The first-order chi connectivity index (χ1) is 9.99. The molecule has 0 bridgehead atoms. The van der Waals surface area contributed by atoms with Gasteiger partial charge in [0.05, 0.1) is 11.9 Å². The second-order valence-corrected chi connectivity index (χ2v) is 7.25. The lowest BCUT2D eigenvalue weighted by Gasteiger charge is -2.37. The minimum Gasteiger partial charge on any atom is -0.438 e. The van der Waals surface area contributed by atoms with Gasteiger partial charge in [-0.25, -0.2) is 9.97 Å². The van der Waals surface area contributed by atoms with Gasteiger partial charge in [-0.15, -0.1) is 11.3 Å². The summed E-state index contributed by atoms with van der Waals surface area (Å²) in [6.45, 7) is 5.34. The van der Waals surface area contributed by atoms with Crippen LogP contribution >= 0.6 is 22.9 Å². The average molecular weight is 326 g/mol. The Balaban J connectivity index is 1.70. The number of piperidine rings is 1. The predicted octanol–water partition coefficient (Wildman–Crippen LogP) is 3.29. The maximum atomic E-state index is 12.4. The number of oxazole rings is 1. The summed E-state index contributed by atoms with van der Waals surface area (Å²) in [7, 11) is 0. The van der Waals surface area contributed by atoms with Gasteiger partial charge in [0.15, 0.2) is 6.39 Å². The molecule has 0 unspecified atom stereocenters. The molecule has 0 aliphatic carbocycles. The molecule has 2 aromatic rings. The van der Waals surface area contributed by atoms with Crippen molar-refractivity contribution < 1.29 is 9.21 Å². The summed E-state index contributed by atoms with van der Waals surface area (Å²) in [5, 5.41) is 1.05. The van der Waals surface area contributed by atoms with Gasteiger partial charge in [-0.05, 0) is 19.8 Å². The van der Waals surface area contributed by atoms with E-state index in [-0.39, 0.29) is 11.3 Å². The average Bonchev–Trinajstić information content (AvgIpc) is 3.08. The van der Waals surface area contributed by atoms with Gasteiger partial charge in [-0.3, -0.25) is 4.79 Å². The molecule has 1 saturated heterocycles. The number of rotatable bonds is 2. The lowest BCUT2D eigenvalue weighted by molar-refractivity contribution is 0.0643. The summed E-state index contributed by atoms with van der Waals surface area (Å²) in [6.07, 6.45) is 4.75. The fraction of sp³-hybridized carbons (Fsp3) is 0.500. The van der Waals surface area contributed by atoms with Crippen molar-refractivity contribution in [2.75, 3.05) is 13.1 Å². The lowest BCUT2D eigenvalue weighted by atomic mass is 9.81. The summed E-state index contributed by atoms with van der Waals surface area (Å²) >= 11 is 7.50. The van der Waals surface area contributed by atoms with Gasteiger partial charge < -0.3 is 9.32 Å². The standard InChI is InChI=1S/C14H16ClN3O2S/c1-9-11(20-8-17-9)12(19)18-5-3-14(2,4-6-18)13-16-7-10(15)21-13/h7-8H,3-6H2,1-2H3. The van der Waals surface area contributed by atoms with Crippen molar-refractivity contribution in [3.63, 3.8) is 0 Å². The minimum absolute atomic E-state index is 0.00888. The number of hydrogen-bond acceptors (Lipinski definition) is 5. The van der Waals surface area contributed by atoms with E-state index in [2.05, 4.69) is 16.9 Å². The van der Waals surface area contributed by atoms with Crippen molar-refractivity contribution in [2.24, 2.45) is 0 Å². The van der Waals surface area contributed by atoms with Crippen LogP contribution in [0.25, 0.3) is 0 Å². The van der Waals surface area contributed by atoms with Crippen LogP contribution in [-0.4, -0.2) is 33.9 Å². The number of likely N-dealkylation sites (tertiary alicyclic amines) is 1. The highest BCUT2D eigenvalue weighted by atomic mass is 35.5. The van der Waals surface area contributed by atoms with Crippen LogP contribution in [0.3, 0.4) is 0 Å². The monoisotopic (exact) mass is 325 g/mol. The van der Waals surface area contributed by atoms with Crippen LogP contribution in [0.2, 0.25) is 4.34 Å². The number of aromatic nitrogens is 2. The topological polar surface area (TPSA) is 59.2 Å². The molecule has 1 fully saturated rings. The Hall–Kier alpha value is -1.40. The zero-order chi connectivity index (χ0) is 15.0. The predicted molar refractivity (Wildman–Crippen MR) is 80.9 cm³/mol. The maximum absolute atomic E-state index is 12.4. The van der Waals surface area contributed by atoms with E-state index in [1.165, 1.54) is 17.7 Å². The van der Waals surface area contributed by atoms with E-state index < -0.39 is 0 Å². The molecule has 21 heavy (non-hydrogen) atoms. The highest BCUT2D eigenvalue weighted by Gasteiger charge is 2.36. The Kier molecular flexibility index (Phi) is 3.75. The Morgan fingerprint density at radius 3 is 2.67 bits per heavy atom. The molecule has 1 aliphatic rings. The van der Waals surface area contributed by atoms with Crippen molar-refractivity contribution >= 4 is 28.8 Å². The van der Waals surface area contributed by atoms with E-state index in [4.69, 9.17) is 16.0 Å². The molecule has 7 heteroatoms. The SMILES string of the molecule is Cc1ncoc1C(=O)N1CCC(C)(c2ncc(Cl)s2)CC1. The molecule has 5 nitrogen and oxygen atoms in total. The second kappa shape index (κ2) is 5.42. The van der Waals surface area contributed by atoms with Crippen molar-refractivity contribution in [1.29, 1.82) is 0 Å². The number of amides is 1. The van der Waals surface area contributed by atoms with Gasteiger partial charge in [0.25, 0.3) is 5.91 Å². The smallest absolute Gasteiger partial charge is 0.291 e. The largest absolute Gasteiger partial charge is 0.438 e. The molecular formula is C14H16ClN3O2S. The Morgan fingerprint density at radius 1 is 1.43 bits per heavy atom. The first-order valence-corrected chi connectivity index (χ1v) is 8.00. The van der Waals surface area contributed by atoms with Crippen molar-refractivity contribution in [2.45, 2.75) is 32.1 Å². The first kappa shape index (κ1) is 14.5. The normalized spacial score (nSPS) is 18.0. The molecule has 3 heterocycles. The zero-order valence-electron chi connectivity index (χ0n) is 11.9. The quantitative estimate of drug-likeness (QED) is 0.850. The third-order valence-electron chi connectivity index (χ3n) is 4.09. The number of halogens is 1. The molecule has 0 atom stereocenters. The molecule has 2 aromatic heterocycles. The molecular weight excluding hydrogens is 310 g/mol. The number of nitrogens with zero attached hydrogens (tertiary/aromatic N) is 3. The summed E-state index contributed by atoms with van der Waals surface area (Å²) in [4.78, 5) is 22.6. The molecule has 0 spiro atoms. The third kappa shape index (κ3) is 2.70. The summed E-state index contributed by atoms with van der Waals surface area (Å²) in [6, 6.07) is 0. The van der Waals surface area contributed by atoms with E-state index in [0.29, 0.717) is 28.9 Å². The van der Waals surface area contributed by atoms with Crippen LogP contribution in [0.15, 0.2) is 17.0 Å². The Bertz CT molecular complexity index is 659. The van der Waals surface area contributed by atoms with Gasteiger partial charge >= 0.3 is 0 Å². The number of carbonyl (C=O) groups excluding carboxylic acids is 1. The van der Waals surface area contributed by atoms with Gasteiger partial charge in [0.1, 0.15) is 9.34 Å². The fourth-order valence-electron chi connectivity index (χ4n) is 2.60. The summed E-state index contributed by atoms with van der Waals surface area (Å²) in [5.74, 6) is 0.264. The number of aryl methyl sites for hydroxylation is 1. The Morgan fingerprint density at radius 2 is 2.14 bits per heavy atom. The minimum atomic E-state index is -0.0794. The van der Waals surface area contributed by atoms with Crippen LogP contribution in [0.1, 0.15) is 41.0 Å². The van der Waals surface area contributed by atoms with E-state index in [0.717, 1.165) is 17.8 Å². The number of carbonyl (C=O) groups is 1. The van der Waals surface area contributed by atoms with Crippen molar-refractivity contribution in [3.8, 4) is 0 Å². The van der Waals surface area contributed by atoms with Gasteiger partial charge in [0.2, 0.25) is 5.76 Å². The molecule has 0 radical (unpaired) electrons. The van der Waals surface area contributed by atoms with Crippen LogP contribution in [0.5, 0.6) is 0 Å². The Labute approximate surface area is 132 Å². The van der Waals surface area contributed by atoms with Crippen LogP contribution in [-0.2, 0) is 5.41 Å². The zero-order valence-corrected chi connectivity index (χ0v) is 13.5. The molecule has 1 aliphatic heterocycles. The third-order valence-corrected chi connectivity index (χ3v) is 5.51. The van der Waals surface area contributed by atoms with Gasteiger partial charge in [-0.2, -0.15) is 0 Å². The van der Waals surface area contributed by atoms with Gasteiger partial charge in [-0.1, -0.05) is 18.5 Å². The highest BCUT2D eigenvalue weighted by Crippen LogP contribution is 2.38. The van der Waals surface area contributed by atoms with E-state index in [1.807, 2.05) is 4.90 Å². The fourth-order valence-corrected chi connectivity index (χ4v) is 3.72. The number of thiazole rings is 1. The lowest BCUT2D eigenvalue weighted by Crippen LogP contribution is -2.44. The van der Waals surface area contributed by atoms with Crippen LogP contribution < -0.4 is 0 Å². The summed E-state index contributed by atoms with van der Waals surface area (Å²) < 4.78 is 5.90. The number of hydrogen-bond donors (Lipinski definition) is 0. The maximum Gasteiger partial charge on any atom is 0.291 e. The van der Waals surface area contributed by atoms with E-state index >= 15 is 0 Å². The first-order valence-electron chi connectivity index (χ1n) is 6.81.